The summed E-state index contributed by atoms with van der Waals surface area (Å²) in [5.41, 5.74) is 5.47. The molecule has 1 rings (SSSR count). The van der Waals surface area contributed by atoms with Gasteiger partial charge in [0.25, 0.3) is 0 Å². The van der Waals surface area contributed by atoms with Crippen molar-refractivity contribution >= 4 is 5.91 Å². The van der Waals surface area contributed by atoms with Gasteiger partial charge in [0.1, 0.15) is 0 Å². The van der Waals surface area contributed by atoms with Crippen LogP contribution in [0.5, 0.6) is 0 Å². The van der Waals surface area contributed by atoms with Gasteiger partial charge in [0.05, 0.1) is 0 Å². The summed E-state index contributed by atoms with van der Waals surface area (Å²) in [6.07, 6.45) is 7.09. The Morgan fingerprint density at radius 2 is 1.88 bits per heavy atom. The average molecular weight is 226 g/mol. The first-order valence-corrected chi connectivity index (χ1v) is 6.44. The van der Waals surface area contributed by atoms with Gasteiger partial charge in [0, 0.05) is 25.6 Å². The van der Waals surface area contributed by atoms with E-state index in [4.69, 9.17) is 5.73 Å². The molecular formula is C13H26N2O. The van der Waals surface area contributed by atoms with Gasteiger partial charge in [-0.1, -0.05) is 19.3 Å². The minimum Gasteiger partial charge on any atom is -0.339 e. The monoisotopic (exact) mass is 226 g/mol. The molecule has 1 aliphatic carbocycles. The molecule has 1 aliphatic rings. The molecule has 0 aromatic heterocycles. The van der Waals surface area contributed by atoms with Crippen LogP contribution in [0.15, 0.2) is 0 Å². The smallest absolute Gasteiger partial charge is 0.223 e. The lowest BCUT2D eigenvalue weighted by Gasteiger charge is -2.36. The summed E-state index contributed by atoms with van der Waals surface area (Å²) < 4.78 is 0. The molecule has 3 heteroatoms. The quantitative estimate of drug-likeness (QED) is 0.798. The fourth-order valence-electron chi connectivity index (χ4n) is 2.25. The number of likely N-dealkylation sites (N-methyl/N-ethyl adjacent to an activating group) is 1. The largest absolute Gasteiger partial charge is 0.339 e. The van der Waals surface area contributed by atoms with Gasteiger partial charge >= 0.3 is 0 Å². The van der Waals surface area contributed by atoms with E-state index in [9.17, 15) is 4.79 Å². The second-order valence-electron chi connectivity index (χ2n) is 5.68. The van der Waals surface area contributed by atoms with Gasteiger partial charge in [-0.15, -0.1) is 0 Å². The average Bonchev–Trinajstić information content (AvgIpc) is 2.29. The fraction of sp³-hybridized carbons (Fsp3) is 0.923. The first-order chi connectivity index (χ1) is 7.47. The maximum atomic E-state index is 12.1. The topological polar surface area (TPSA) is 46.3 Å². The predicted octanol–water partition coefficient (Wildman–Crippen LogP) is 2.15. The predicted molar refractivity (Wildman–Crippen MR) is 67.1 cm³/mol. The van der Waals surface area contributed by atoms with E-state index < -0.39 is 0 Å². The minimum absolute atomic E-state index is 0.217. The zero-order chi connectivity index (χ0) is 12.2. The van der Waals surface area contributed by atoms with Crippen molar-refractivity contribution in [3.05, 3.63) is 0 Å². The lowest BCUT2D eigenvalue weighted by atomic mass is 9.86. The highest BCUT2D eigenvalue weighted by atomic mass is 16.2. The van der Waals surface area contributed by atoms with Crippen molar-refractivity contribution in [3.8, 4) is 0 Å². The normalized spacial score (nSPS) is 18.5. The van der Waals surface area contributed by atoms with E-state index in [0.29, 0.717) is 18.9 Å². The second-order valence-corrected chi connectivity index (χ2v) is 5.68. The molecule has 3 nitrogen and oxygen atoms in total. The minimum atomic E-state index is -0.217. The van der Waals surface area contributed by atoms with Gasteiger partial charge < -0.3 is 10.6 Å². The van der Waals surface area contributed by atoms with E-state index in [1.807, 2.05) is 25.8 Å². The molecular weight excluding hydrogens is 200 g/mol. The Balaban J connectivity index is 2.44. The van der Waals surface area contributed by atoms with Crippen LogP contribution < -0.4 is 5.73 Å². The number of nitrogens with two attached hydrogens (primary N) is 1. The van der Waals surface area contributed by atoms with Crippen molar-refractivity contribution in [3.63, 3.8) is 0 Å². The summed E-state index contributed by atoms with van der Waals surface area (Å²) >= 11 is 0. The molecule has 0 aromatic rings. The van der Waals surface area contributed by atoms with Gasteiger partial charge in [-0.3, -0.25) is 4.79 Å². The summed E-state index contributed by atoms with van der Waals surface area (Å²) in [6, 6.07) is 0. The summed E-state index contributed by atoms with van der Waals surface area (Å²) in [4.78, 5) is 13.9. The highest BCUT2D eigenvalue weighted by Crippen LogP contribution is 2.27. The number of carbonyl (C=O) groups is 1. The van der Waals surface area contributed by atoms with Gasteiger partial charge in [-0.05, 0) is 32.6 Å². The fourth-order valence-corrected chi connectivity index (χ4v) is 2.25. The van der Waals surface area contributed by atoms with E-state index in [2.05, 4.69) is 0 Å². The molecule has 0 heterocycles. The lowest BCUT2D eigenvalue weighted by Crippen LogP contribution is -2.50. The summed E-state index contributed by atoms with van der Waals surface area (Å²) in [5, 5.41) is 0. The molecule has 1 saturated carbocycles. The number of carbonyl (C=O) groups excluding carboxylic acids is 1. The van der Waals surface area contributed by atoms with Crippen LogP contribution in [0.2, 0.25) is 0 Å². The van der Waals surface area contributed by atoms with Crippen LogP contribution in [-0.4, -0.2) is 29.9 Å². The Morgan fingerprint density at radius 1 is 1.31 bits per heavy atom. The maximum absolute atomic E-state index is 12.1. The van der Waals surface area contributed by atoms with Crippen molar-refractivity contribution in [1.82, 2.24) is 4.90 Å². The third kappa shape index (κ3) is 3.48. The lowest BCUT2D eigenvalue weighted by molar-refractivity contribution is -0.135. The van der Waals surface area contributed by atoms with Crippen molar-refractivity contribution in [2.45, 2.75) is 57.9 Å². The van der Waals surface area contributed by atoms with Crippen LogP contribution in [0, 0.1) is 5.92 Å². The number of hydrogen-bond donors (Lipinski definition) is 1. The van der Waals surface area contributed by atoms with Crippen molar-refractivity contribution in [2.24, 2.45) is 11.7 Å². The molecule has 0 bridgehead atoms. The molecule has 0 spiro atoms. The number of nitrogens with zero attached hydrogens (tertiary/aromatic N) is 1. The Kier molecular flexibility index (Phi) is 4.78. The molecule has 0 atom stereocenters. The summed E-state index contributed by atoms with van der Waals surface area (Å²) in [6.45, 7) is 4.55. The molecule has 2 N–H and O–H groups in total. The van der Waals surface area contributed by atoms with Crippen molar-refractivity contribution in [1.29, 1.82) is 0 Å². The molecule has 0 aromatic carbocycles. The zero-order valence-electron chi connectivity index (χ0n) is 11.0. The summed E-state index contributed by atoms with van der Waals surface area (Å²) in [5.74, 6) is 0.861. The molecule has 0 aliphatic heterocycles. The third-order valence-electron chi connectivity index (χ3n) is 3.97. The zero-order valence-corrected chi connectivity index (χ0v) is 11.0. The van der Waals surface area contributed by atoms with Crippen LogP contribution in [0.25, 0.3) is 0 Å². The SMILES string of the molecule is CN(C(=O)CC1CCCCC1)C(C)(C)CN. The third-order valence-corrected chi connectivity index (χ3v) is 3.97. The molecule has 0 saturated heterocycles. The Morgan fingerprint density at radius 3 is 2.38 bits per heavy atom. The van der Waals surface area contributed by atoms with Gasteiger partial charge in [0.15, 0.2) is 0 Å². The van der Waals surface area contributed by atoms with Crippen LogP contribution in [0.4, 0.5) is 0 Å². The number of amides is 1. The molecule has 0 radical (unpaired) electrons. The highest BCUT2D eigenvalue weighted by Gasteiger charge is 2.27. The van der Waals surface area contributed by atoms with Gasteiger partial charge in [-0.2, -0.15) is 0 Å². The van der Waals surface area contributed by atoms with Crippen LogP contribution in [-0.2, 0) is 4.79 Å². The number of hydrogen-bond acceptors (Lipinski definition) is 2. The Hall–Kier alpha value is -0.570. The van der Waals surface area contributed by atoms with Crippen molar-refractivity contribution < 1.29 is 4.79 Å². The van der Waals surface area contributed by atoms with Crippen LogP contribution in [0.1, 0.15) is 52.4 Å². The van der Waals surface area contributed by atoms with E-state index in [-0.39, 0.29) is 11.4 Å². The standard InChI is InChI=1S/C13H26N2O/c1-13(2,10-14)15(3)12(16)9-11-7-5-4-6-8-11/h11H,4-10,14H2,1-3H3. The van der Waals surface area contributed by atoms with E-state index >= 15 is 0 Å². The number of rotatable bonds is 4. The molecule has 94 valence electrons. The maximum Gasteiger partial charge on any atom is 0.223 e. The van der Waals surface area contributed by atoms with Crippen LogP contribution >= 0.6 is 0 Å². The molecule has 16 heavy (non-hydrogen) atoms. The first-order valence-electron chi connectivity index (χ1n) is 6.44. The van der Waals surface area contributed by atoms with E-state index in [1.165, 1.54) is 32.1 Å². The van der Waals surface area contributed by atoms with E-state index in [0.717, 1.165) is 0 Å². The Labute approximate surface area is 99.4 Å². The van der Waals surface area contributed by atoms with Gasteiger partial charge in [0.2, 0.25) is 5.91 Å². The van der Waals surface area contributed by atoms with Crippen molar-refractivity contribution in [2.75, 3.05) is 13.6 Å². The van der Waals surface area contributed by atoms with Crippen LogP contribution in [0.3, 0.4) is 0 Å². The van der Waals surface area contributed by atoms with E-state index in [1.54, 1.807) is 0 Å². The highest BCUT2D eigenvalue weighted by molar-refractivity contribution is 5.77. The first kappa shape index (κ1) is 13.5. The summed E-state index contributed by atoms with van der Waals surface area (Å²) in [7, 11) is 1.87. The Bertz CT molecular complexity index is 232. The van der Waals surface area contributed by atoms with Gasteiger partial charge in [-0.25, -0.2) is 0 Å². The molecule has 0 unspecified atom stereocenters. The molecule has 1 fully saturated rings. The molecule has 1 amide bonds. The second kappa shape index (κ2) is 5.67.